The third-order valence-corrected chi connectivity index (χ3v) is 2.97. The van der Waals surface area contributed by atoms with Crippen molar-refractivity contribution in [2.24, 2.45) is 0 Å². The lowest BCUT2D eigenvalue weighted by atomic mass is 9.84. The Morgan fingerprint density at radius 1 is 1.31 bits per heavy atom. The van der Waals surface area contributed by atoms with Crippen LogP contribution in [0.2, 0.25) is 0 Å². The lowest BCUT2D eigenvalue weighted by Crippen LogP contribution is -2.37. The fourth-order valence-electron chi connectivity index (χ4n) is 1.75. The minimum absolute atomic E-state index is 0.177. The van der Waals surface area contributed by atoms with Crippen molar-refractivity contribution in [1.82, 2.24) is 5.32 Å². The number of rotatable bonds is 6. The van der Waals surface area contributed by atoms with Crippen LogP contribution in [0.15, 0.2) is 43.0 Å². The molecule has 1 aromatic carbocycles. The molecule has 1 aromatic rings. The van der Waals surface area contributed by atoms with Gasteiger partial charge in [-0.25, -0.2) is 0 Å². The van der Waals surface area contributed by atoms with Gasteiger partial charge in [-0.3, -0.25) is 0 Å². The van der Waals surface area contributed by atoms with Gasteiger partial charge in [0, 0.05) is 18.0 Å². The SMILES string of the molecule is C=CCC(C)NCC(C)(C)c1ccccc1. The lowest BCUT2D eigenvalue weighted by molar-refractivity contribution is 0.430. The molecule has 0 aliphatic heterocycles. The summed E-state index contributed by atoms with van der Waals surface area (Å²) in [6.45, 7) is 11.5. The van der Waals surface area contributed by atoms with Crippen LogP contribution in [0.5, 0.6) is 0 Å². The Labute approximate surface area is 99.6 Å². The first-order valence-electron chi connectivity index (χ1n) is 5.96. The second-order valence-corrected chi connectivity index (χ2v) is 5.06. The van der Waals surface area contributed by atoms with Crippen molar-refractivity contribution in [3.05, 3.63) is 48.6 Å². The van der Waals surface area contributed by atoms with Crippen molar-refractivity contribution in [2.75, 3.05) is 6.54 Å². The molecular weight excluding hydrogens is 194 g/mol. The van der Waals surface area contributed by atoms with Gasteiger partial charge in [-0.1, -0.05) is 50.3 Å². The first-order chi connectivity index (χ1) is 7.56. The zero-order valence-electron chi connectivity index (χ0n) is 10.7. The van der Waals surface area contributed by atoms with Gasteiger partial charge < -0.3 is 5.32 Å². The van der Waals surface area contributed by atoms with Gasteiger partial charge in [-0.2, -0.15) is 0 Å². The van der Waals surface area contributed by atoms with Crippen molar-refractivity contribution in [3.8, 4) is 0 Å². The van der Waals surface area contributed by atoms with Gasteiger partial charge in [0.25, 0.3) is 0 Å². The van der Waals surface area contributed by atoms with E-state index in [0.717, 1.165) is 13.0 Å². The van der Waals surface area contributed by atoms with Gasteiger partial charge in [0.1, 0.15) is 0 Å². The summed E-state index contributed by atoms with van der Waals surface area (Å²) in [5.41, 5.74) is 1.56. The summed E-state index contributed by atoms with van der Waals surface area (Å²) in [5.74, 6) is 0. The second-order valence-electron chi connectivity index (χ2n) is 5.06. The number of hydrogen-bond acceptors (Lipinski definition) is 1. The average molecular weight is 217 g/mol. The third-order valence-electron chi connectivity index (χ3n) is 2.97. The third kappa shape index (κ3) is 3.82. The van der Waals surface area contributed by atoms with Gasteiger partial charge >= 0.3 is 0 Å². The van der Waals surface area contributed by atoms with Crippen LogP contribution in [0, 0.1) is 0 Å². The molecular formula is C15H23N. The Morgan fingerprint density at radius 2 is 1.94 bits per heavy atom. The highest BCUT2D eigenvalue weighted by atomic mass is 14.9. The maximum atomic E-state index is 3.76. The van der Waals surface area contributed by atoms with E-state index in [1.54, 1.807) is 0 Å². The summed E-state index contributed by atoms with van der Waals surface area (Å²) in [5, 5.41) is 3.55. The van der Waals surface area contributed by atoms with Crippen molar-refractivity contribution in [3.63, 3.8) is 0 Å². The molecule has 0 spiro atoms. The van der Waals surface area contributed by atoms with Crippen molar-refractivity contribution in [2.45, 2.75) is 38.6 Å². The Bertz CT molecular complexity index is 313. The molecule has 0 aliphatic rings. The van der Waals surface area contributed by atoms with Crippen LogP contribution in [0.1, 0.15) is 32.8 Å². The molecule has 0 saturated carbocycles. The molecule has 1 heteroatoms. The van der Waals surface area contributed by atoms with E-state index in [9.17, 15) is 0 Å². The summed E-state index contributed by atoms with van der Waals surface area (Å²) in [6, 6.07) is 11.2. The summed E-state index contributed by atoms with van der Waals surface area (Å²) in [6.07, 6.45) is 2.98. The van der Waals surface area contributed by atoms with E-state index in [0.29, 0.717) is 6.04 Å². The summed E-state index contributed by atoms with van der Waals surface area (Å²) in [7, 11) is 0. The van der Waals surface area contributed by atoms with Crippen LogP contribution in [0.4, 0.5) is 0 Å². The Balaban J connectivity index is 2.55. The minimum atomic E-state index is 0.177. The molecule has 0 radical (unpaired) electrons. The van der Waals surface area contributed by atoms with Crippen LogP contribution in [0.25, 0.3) is 0 Å². The summed E-state index contributed by atoms with van der Waals surface area (Å²) in [4.78, 5) is 0. The van der Waals surface area contributed by atoms with Crippen LogP contribution >= 0.6 is 0 Å². The van der Waals surface area contributed by atoms with Gasteiger partial charge in [0.05, 0.1) is 0 Å². The molecule has 1 nitrogen and oxygen atoms in total. The predicted octanol–water partition coefficient (Wildman–Crippen LogP) is 3.52. The fraction of sp³-hybridized carbons (Fsp3) is 0.467. The molecule has 0 saturated heterocycles. The molecule has 0 aliphatic carbocycles. The molecule has 16 heavy (non-hydrogen) atoms. The van der Waals surface area contributed by atoms with E-state index in [1.165, 1.54) is 5.56 Å². The lowest BCUT2D eigenvalue weighted by Gasteiger charge is -2.27. The van der Waals surface area contributed by atoms with Crippen molar-refractivity contribution >= 4 is 0 Å². The normalized spacial score (nSPS) is 13.4. The van der Waals surface area contributed by atoms with Crippen LogP contribution < -0.4 is 5.32 Å². The first-order valence-corrected chi connectivity index (χ1v) is 5.96. The van der Waals surface area contributed by atoms with E-state index in [4.69, 9.17) is 0 Å². The molecule has 0 aromatic heterocycles. The average Bonchev–Trinajstić information content (AvgIpc) is 2.28. The summed E-state index contributed by atoms with van der Waals surface area (Å²) < 4.78 is 0. The molecule has 0 amide bonds. The predicted molar refractivity (Wildman–Crippen MR) is 71.7 cm³/mol. The van der Waals surface area contributed by atoms with Crippen LogP contribution in [-0.4, -0.2) is 12.6 Å². The van der Waals surface area contributed by atoms with E-state index in [2.05, 4.69) is 63.0 Å². The molecule has 0 heterocycles. The zero-order chi connectivity index (χ0) is 12.0. The van der Waals surface area contributed by atoms with Crippen LogP contribution in [-0.2, 0) is 5.41 Å². The zero-order valence-corrected chi connectivity index (χ0v) is 10.7. The van der Waals surface area contributed by atoms with Crippen LogP contribution in [0.3, 0.4) is 0 Å². The molecule has 1 unspecified atom stereocenters. The van der Waals surface area contributed by atoms with E-state index < -0.39 is 0 Å². The molecule has 1 rings (SSSR count). The molecule has 1 N–H and O–H groups in total. The molecule has 1 atom stereocenters. The van der Waals surface area contributed by atoms with Gasteiger partial charge in [0.2, 0.25) is 0 Å². The Hall–Kier alpha value is -1.08. The van der Waals surface area contributed by atoms with Crippen molar-refractivity contribution < 1.29 is 0 Å². The number of hydrogen-bond donors (Lipinski definition) is 1. The van der Waals surface area contributed by atoms with E-state index >= 15 is 0 Å². The van der Waals surface area contributed by atoms with Gasteiger partial charge in [0.15, 0.2) is 0 Å². The monoisotopic (exact) mass is 217 g/mol. The van der Waals surface area contributed by atoms with Gasteiger partial charge in [-0.15, -0.1) is 6.58 Å². The molecule has 88 valence electrons. The van der Waals surface area contributed by atoms with E-state index in [1.807, 2.05) is 6.08 Å². The Kier molecular flexibility index (Phi) is 4.75. The molecule has 0 fully saturated rings. The smallest absolute Gasteiger partial charge is 0.00734 e. The molecule has 0 bridgehead atoms. The first kappa shape index (κ1) is 13.0. The highest BCUT2D eigenvalue weighted by Gasteiger charge is 2.20. The van der Waals surface area contributed by atoms with Crippen molar-refractivity contribution in [1.29, 1.82) is 0 Å². The highest BCUT2D eigenvalue weighted by Crippen LogP contribution is 2.21. The topological polar surface area (TPSA) is 12.0 Å². The fourth-order valence-corrected chi connectivity index (χ4v) is 1.75. The van der Waals surface area contributed by atoms with E-state index in [-0.39, 0.29) is 5.41 Å². The summed E-state index contributed by atoms with van der Waals surface area (Å²) >= 11 is 0. The maximum absolute atomic E-state index is 3.76. The maximum Gasteiger partial charge on any atom is 0.00734 e. The largest absolute Gasteiger partial charge is 0.313 e. The number of nitrogens with one attached hydrogen (secondary N) is 1. The standard InChI is InChI=1S/C15H23N/c1-5-9-13(2)16-12-15(3,4)14-10-7-6-8-11-14/h5-8,10-11,13,16H,1,9,12H2,2-4H3. The Morgan fingerprint density at radius 3 is 2.50 bits per heavy atom. The minimum Gasteiger partial charge on any atom is -0.313 e. The quantitative estimate of drug-likeness (QED) is 0.719. The second kappa shape index (κ2) is 5.86. The highest BCUT2D eigenvalue weighted by molar-refractivity contribution is 5.23. The number of benzene rings is 1. The van der Waals surface area contributed by atoms with Gasteiger partial charge in [-0.05, 0) is 18.9 Å².